The highest BCUT2D eigenvalue weighted by molar-refractivity contribution is 7.15. The van der Waals surface area contributed by atoms with Crippen molar-refractivity contribution in [2.45, 2.75) is 52.9 Å². The van der Waals surface area contributed by atoms with Crippen LogP contribution < -0.4 is 20.1 Å². The molecule has 6 nitrogen and oxygen atoms in total. The van der Waals surface area contributed by atoms with Crippen LogP contribution in [0.15, 0.2) is 53.5 Å². The Kier molecular flexibility index (Phi) is 9.55. The van der Waals surface area contributed by atoms with Crippen LogP contribution in [0.4, 0.5) is 16.5 Å². The summed E-state index contributed by atoms with van der Waals surface area (Å²) in [5, 5.41) is 3.06. The summed E-state index contributed by atoms with van der Waals surface area (Å²) in [6.07, 6.45) is 2.83. The molecule has 0 bridgehead atoms. The molecule has 1 heterocycles. The zero-order valence-electron chi connectivity index (χ0n) is 22.1. The van der Waals surface area contributed by atoms with E-state index < -0.39 is 0 Å². The second-order valence-electron chi connectivity index (χ2n) is 8.33. The topological polar surface area (TPSA) is 53.0 Å². The van der Waals surface area contributed by atoms with Crippen molar-refractivity contribution in [1.82, 2.24) is 10.4 Å². The van der Waals surface area contributed by atoms with E-state index in [1.54, 1.807) is 18.4 Å². The monoisotopic (exact) mass is 493 g/mol. The average Bonchev–Trinajstić information content (AvgIpc) is 3.34. The lowest BCUT2D eigenvalue weighted by atomic mass is 9.92. The molecule has 0 aliphatic rings. The van der Waals surface area contributed by atoms with Gasteiger partial charge in [0.15, 0.2) is 5.13 Å². The number of aromatic nitrogens is 1. The number of hydrogen-bond acceptors (Lipinski definition) is 6. The Morgan fingerprint density at radius 2 is 1.86 bits per heavy atom. The zero-order valence-corrected chi connectivity index (χ0v) is 22.9. The molecule has 2 aromatic carbocycles. The van der Waals surface area contributed by atoms with Crippen LogP contribution in [-0.4, -0.2) is 38.6 Å². The summed E-state index contributed by atoms with van der Waals surface area (Å²) >= 11 is 1.78. The number of methoxy groups -OCH3 is 1. The highest BCUT2D eigenvalue weighted by Gasteiger charge is 2.23. The van der Waals surface area contributed by atoms with Crippen LogP contribution in [0, 0.1) is 0 Å². The summed E-state index contributed by atoms with van der Waals surface area (Å²) in [6.45, 7) is 9.43. The Balaban J connectivity index is 1.94. The maximum Gasteiger partial charge on any atom is 0.190 e. The first-order valence-electron chi connectivity index (χ1n) is 12.5. The summed E-state index contributed by atoms with van der Waals surface area (Å²) in [7, 11) is 5.60. The second kappa shape index (κ2) is 12.6. The summed E-state index contributed by atoms with van der Waals surface area (Å²) < 4.78 is 5.80. The Morgan fingerprint density at radius 3 is 2.43 bits per heavy atom. The molecule has 0 saturated heterocycles. The van der Waals surface area contributed by atoms with Gasteiger partial charge in [0, 0.05) is 49.6 Å². The van der Waals surface area contributed by atoms with Gasteiger partial charge in [-0.05, 0) is 37.5 Å². The van der Waals surface area contributed by atoms with Gasteiger partial charge in [-0.3, -0.25) is 15.4 Å². The number of ether oxygens (including phenoxy) is 1. The number of amidine groups is 1. The van der Waals surface area contributed by atoms with E-state index in [-0.39, 0.29) is 0 Å². The maximum absolute atomic E-state index is 5.80. The Bertz CT molecular complexity index is 1110. The molecule has 0 aliphatic carbocycles. The van der Waals surface area contributed by atoms with Gasteiger partial charge >= 0.3 is 0 Å². The molecule has 0 fully saturated rings. The second-order valence-corrected chi connectivity index (χ2v) is 9.39. The van der Waals surface area contributed by atoms with E-state index in [4.69, 9.17) is 9.72 Å². The van der Waals surface area contributed by atoms with Crippen LogP contribution in [0.5, 0.6) is 5.75 Å². The number of nitrogens with zero attached hydrogens (tertiary/aromatic N) is 4. The molecule has 1 aromatic heterocycles. The molecule has 1 atom stereocenters. The predicted octanol–water partition coefficient (Wildman–Crippen LogP) is 6.79. The van der Waals surface area contributed by atoms with Crippen molar-refractivity contribution >= 4 is 33.7 Å². The fraction of sp³-hybridized carbons (Fsp3) is 0.429. The molecule has 188 valence electrons. The van der Waals surface area contributed by atoms with Crippen molar-refractivity contribution in [3.8, 4) is 5.75 Å². The van der Waals surface area contributed by atoms with E-state index in [9.17, 15) is 0 Å². The number of thiazole rings is 1. The third-order valence-corrected chi connectivity index (χ3v) is 7.58. The number of aliphatic imine (C=N–C) groups is 1. The van der Waals surface area contributed by atoms with Crippen LogP contribution in [0.25, 0.3) is 0 Å². The first-order valence-corrected chi connectivity index (χ1v) is 13.3. The average molecular weight is 494 g/mol. The molecule has 0 spiro atoms. The molecule has 3 aromatic rings. The van der Waals surface area contributed by atoms with E-state index >= 15 is 0 Å². The predicted molar refractivity (Wildman–Crippen MR) is 151 cm³/mol. The summed E-state index contributed by atoms with van der Waals surface area (Å²) in [5.74, 6) is 2.04. The van der Waals surface area contributed by atoms with Crippen molar-refractivity contribution in [3.05, 3.63) is 64.7 Å². The Labute approximate surface area is 214 Å². The SMILES string of the molecule is CCC(=NC)NN(CC)c1ccc(N(C)c2nc(C(CC)c3ccccc3)c(CC)s2)cc1OC. The van der Waals surface area contributed by atoms with E-state index in [1.165, 1.54) is 16.1 Å². The molecule has 1 N–H and O–H groups in total. The van der Waals surface area contributed by atoms with Crippen LogP contribution >= 0.6 is 11.3 Å². The number of hydrogen-bond donors (Lipinski definition) is 1. The van der Waals surface area contributed by atoms with Crippen molar-refractivity contribution < 1.29 is 4.74 Å². The molecular weight excluding hydrogens is 454 g/mol. The van der Waals surface area contributed by atoms with Crippen molar-refractivity contribution in [2.75, 3.05) is 37.7 Å². The van der Waals surface area contributed by atoms with Gasteiger partial charge in [0.05, 0.1) is 18.5 Å². The highest BCUT2D eigenvalue weighted by Crippen LogP contribution is 2.39. The van der Waals surface area contributed by atoms with Gasteiger partial charge in [0.2, 0.25) is 0 Å². The third kappa shape index (κ3) is 5.96. The molecular formula is C28H39N5OS. The fourth-order valence-corrected chi connectivity index (χ4v) is 5.30. The minimum atomic E-state index is 0.304. The minimum Gasteiger partial charge on any atom is -0.494 e. The molecule has 0 aliphatic heterocycles. The Morgan fingerprint density at radius 1 is 1.11 bits per heavy atom. The number of benzene rings is 2. The summed E-state index contributed by atoms with van der Waals surface area (Å²) in [4.78, 5) is 13.0. The molecule has 0 radical (unpaired) electrons. The van der Waals surface area contributed by atoms with Gasteiger partial charge in [-0.25, -0.2) is 4.98 Å². The van der Waals surface area contributed by atoms with Crippen LogP contribution in [0.3, 0.4) is 0 Å². The van der Waals surface area contributed by atoms with Crippen molar-refractivity contribution in [3.63, 3.8) is 0 Å². The molecule has 0 amide bonds. The highest BCUT2D eigenvalue weighted by atomic mass is 32.1. The molecule has 3 rings (SSSR count). The smallest absolute Gasteiger partial charge is 0.190 e. The Hall–Kier alpha value is -3.06. The van der Waals surface area contributed by atoms with Gasteiger partial charge in [-0.15, -0.1) is 11.3 Å². The van der Waals surface area contributed by atoms with Crippen LogP contribution in [0.1, 0.15) is 62.6 Å². The third-order valence-electron chi connectivity index (χ3n) is 6.29. The number of nitrogens with one attached hydrogen (secondary N) is 1. The zero-order chi connectivity index (χ0) is 25.4. The van der Waals surface area contributed by atoms with Gasteiger partial charge in [0.25, 0.3) is 0 Å². The van der Waals surface area contributed by atoms with Crippen molar-refractivity contribution in [2.24, 2.45) is 4.99 Å². The summed E-state index contributed by atoms with van der Waals surface area (Å²) in [5.41, 5.74) is 7.95. The van der Waals surface area contributed by atoms with Gasteiger partial charge in [0.1, 0.15) is 11.6 Å². The van der Waals surface area contributed by atoms with Crippen LogP contribution in [-0.2, 0) is 6.42 Å². The van der Waals surface area contributed by atoms with Gasteiger partial charge in [-0.2, -0.15) is 0 Å². The number of anilines is 3. The van der Waals surface area contributed by atoms with Gasteiger partial charge < -0.3 is 9.64 Å². The quantitative estimate of drug-likeness (QED) is 0.181. The summed E-state index contributed by atoms with van der Waals surface area (Å²) in [6, 6.07) is 17.0. The fourth-order valence-electron chi connectivity index (χ4n) is 4.25. The van der Waals surface area contributed by atoms with E-state index in [2.05, 4.69) is 104 Å². The minimum absolute atomic E-state index is 0.304. The molecule has 0 saturated carbocycles. The standard InChI is InChI=1S/C28H39N5OS/c1-8-22(20-15-13-12-14-16-20)27-25(9-2)35-28(30-27)32(6)21-17-18-23(24(19-21)34-7)33(11-4)31-26(10-3)29-5/h12-19,22H,8-11H2,1-7H3,(H,29,31). The molecule has 7 heteroatoms. The number of hydrazine groups is 1. The normalized spacial score (nSPS) is 12.4. The largest absolute Gasteiger partial charge is 0.494 e. The van der Waals surface area contributed by atoms with Gasteiger partial charge in [-0.1, -0.05) is 51.1 Å². The lowest BCUT2D eigenvalue weighted by molar-refractivity contribution is 0.414. The maximum atomic E-state index is 5.80. The molecule has 1 unspecified atom stereocenters. The lowest BCUT2D eigenvalue weighted by Crippen LogP contribution is -2.42. The number of rotatable bonds is 11. The lowest BCUT2D eigenvalue weighted by Gasteiger charge is -2.28. The first kappa shape index (κ1) is 26.5. The van der Waals surface area contributed by atoms with E-state index in [0.29, 0.717) is 5.92 Å². The van der Waals surface area contributed by atoms with Crippen molar-refractivity contribution in [1.29, 1.82) is 0 Å². The first-order chi connectivity index (χ1) is 17.0. The van der Waals surface area contributed by atoms with E-state index in [0.717, 1.165) is 53.9 Å². The molecule has 35 heavy (non-hydrogen) atoms. The van der Waals surface area contributed by atoms with Crippen LogP contribution in [0.2, 0.25) is 0 Å². The number of aryl methyl sites for hydroxylation is 1. The van der Waals surface area contributed by atoms with E-state index in [1.807, 2.05) is 7.05 Å².